The summed E-state index contributed by atoms with van der Waals surface area (Å²) in [5.74, 6) is 3.08. The Morgan fingerprint density at radius 2 is 2.15 bits per heavy atom. The molecule has 1 unspecified atom stereocenters. The van der Waals surface area contributed by atoms with Gasteiger partial charge in [0.2, 0.25) is 12.7 Å². The number of thioether (sulfide) groups is 1. The molecule has 0 radical (unpaired) electrons. The van der Waals surface area contributed by atoms with Crippen LogP contribution < -0.4 is 14.2 Å². The second-order valence-corrected chi connectivity index (χ2v) is 7.68. The Labute approximate surface area is 162 Å². The van der Waals surface area contributed by atoms with Crippen LogP contribution in [0.15, 0.2) is 36.5 Å². The number of hydrogen-bond donors (Lipinski definition) is 0. The third kappa shape index (κ3) is 3.98. The topological polar surface area (TPSA) is 60.9 Å². The summed E-state index contributed by atoms with van der Waals surface area (Å²) >= 11 is 1.88. The van der Waals surface area contributed by atoms with E-state index in [1.807, 2.05) is 29.7 Å². The number of fused-ring (bicyclic) bond motifs is 1. The van der Waals surface area contributed by atoms with Gasteiger partial charge in [-0.05, 0) is 37.1 Å². The van der Waals surface area contributed by atoms with Crippen molar-refractivity contribution in [2.45, 2.75) is 18.6 Å². The molecule has 1 fully saturated rings. The monoisotopic (exact) mass is 386 g/mol. The lowest BCUT2D eigenvalue weighted by atomic mass is 10.1. The van der Waals surface area contributed by atoms with Gasteiger partial charge in [-0.25, -0.2) is 4.98 Å². The number of benzene rings is 1. The minimum absolute atomic E-state index is 0.0254. The Balaban J connectivity index is 1.41. The number of carbonyl (C=O) groups is 1. The van der Waals surface area contributed by atoms with Crippen LogP contribution in [0.2, 0.25) is 0 Å². The number of hydrogen-bond acceptors (Lipinski definition) is 6. The van der Waals surface area contributed by atoms with Gasteiger partial charge in [-0.15, -0.1) is 0 Å². The Morgan fingerprint density at radius 3 is 2.96 bits per heavy atom. The summed E-state index contributed by atoms with van der Waals surface area (Å²) in [6.45, 7) is 4.21. The first kappa shape index (κ1) is 18.0. The Bertz CT molecular complexity index is 812. The first-order valence-electron chi connectivity index (χ1n) is 9.14. The number of aromatic nitrogens is 1. The van der Waals surface area contributed by atoms with Gasteiger partial charge in [0.05, 0.1) is 12.2 Å². The molecule has 2 aliphatic rings. The van der Waals surface area contributed by atoms with Crippen LogP contribution in [0, 0.1) is 0 Å². The highest BCUT2D eigenvalue weighted by molar-refractivity contribution is 7.99. The molecule has 0 bridgehead atoms. The summed E-state index contributed by atoms with van der Waals surface area (Å²) in [4.78, 5) is 18.9. The molecule has 1 aromatic heterocycles. The van der Waals surface area contributed by atoms with Crippen molar-refractivity contribution in [3.8, 4) is 17.4 Å². The van der Waals surface area contributed by atoms with E-state index in [0.717, 1.165) is 36.8 Å². The lowest BCUT2D eigenvalue weighted by Crippen LogP contribution is -2.33. The minimum Gasteiger partial charge on any atom is -0.478 e. The van der Waals surface area contributed by atoms with Gasteiger partial charge >= 0.3 is 0 Å². The van der Waals surface area contributed by atoms with Gasteiger partial charge in [-0.1, -0.05) is 6.07 Å². The first-order chi connectivity index (χ1) is 13.2. The van der Waals surface area contributed by atoms with E-state index >= 15 is 0 Å². The van der Waals surface area contributed by atoms with E-state index in [1.165, 1.54) is 5.56 Å². The third-order valence-electron chi connectivity index (χ3n) is 4.67. The fraction of sp³-hybridized carbons (Fsp3) is 0.400. The van der Waals surface area contributed by atoms with Gasteiger partial charge < -0.3 is 19.1 Å². The molecule has 27 heavy (non-hydrogen) atoms. The van der Waals surface area contributed by atoms with Crippen LogP contribution in [0.1, 0.15) is 34.5 Å². The van der Waals surface area contributed by atoms with Crippen molar-refractivity contribution in [2.75, 3.05) is 32.2 Å². The molecule has 1 atom stereocenters. The van der Waals surface area contributed by atoms with Crippen molar-refractivity contribution in [1.82, 2.24) is 9.88 Å². The molecule has 1 amide bonds. The van der Waals surface area contributed by atoms with E-state index < -0.39 is 0 Å². The number of carbonyl (C=O) groups excluding carboxylic acids is 1. The standard InChI is InChI=1S/C20H22N2O4S/c1-2-24-19-6-4-15(12-21-19)20(23)22-8-7-18(27-10-9-22)14-3-5-16-17(11-14)26-13-25-16/h3-6,11-12,18H,2,7-10,13H2,1H3. The predicted octanol–water partition coefficient (Wildman–Crippen LogP) is 3.53. The summed E-state index contributed by atoms with van der Waals surface area (Å²) < 4.78 is 16.2. The lowest BCUT2D eigenvalue weighted by molar-refractivity contribution is 0.0766. The highest BCUT2D eigenvalue weighted by Gasteiger charge is 2.24. The molecule has 2 aliphatic heterocycles. The average molecular weight is 386 g/mol. The summed E-state index contributed by atoms with van der Waals surface area (Å²) in [5.41, 5.74) is 1.83. The van der Waals surface area contributed by atoms with E-state index in [4.69, 9.17) is 14.2 Å². The summed E-state index contributed by atoms with van der Waals surface area (Å²) in [6.07, 6.45) is 2.50. The molecule has 1 saturated heterocycles. The number of amides is 1. The fourth-order valence-corrected chi connectivity index (χ4v) is 4.50. The van der Waals surface area contributed by atoms with Crippen molar-refractivity contribution >= 4 is 17.7 Å². The average Bonchev–Trinajstić information content (AvgIpc) is 3.03. The smallest absolute Gasteiger partial charge is 0.255 e. The largest absolute Gasteiger partial charge is 0.478 e. The van der Waals surface area contributed by atoms with Crippen molar-refractivity contribution in [3.63, 3.8) is 0 Å². The maximum Gasteiger partial charge on any atom is 0.255 e. The van der Waals surface area contributed by atoms with E-state index in [1.54, 1.807) is 18.3 Å². The maximum atomic E-state index is 12.8. The van der Waals surface area contributed by atoms with Crippen LogP contribution in [0.4, 0.5) is 0 Å². The van der Waals surface area contributed by atoms with Gasteiger partial charge in [0.25, 0.3) is 5.91 Å². The summed E-state index contributed by atoms with van der Waals surface area (Å²) in [6, 6.07) is 9.66. The normalized spacial score (nSPS) is 18.9. The number of pyridine rings is 1. The Hall–Kier alpha value is -2.41. The molecule has 0 aliphatic carbocycles. The van der Waals surface area contributed by atoms with Crippen molar-refractivity contribution < 1.29 is 19.0 Å². The van der Waals surface area contributed by atoms with Gasteiger partial charge in [0, 0.05) is 36.4 Å². The predicted molar refractivity (Wildman–Crippen MR) is 104 cm³/mol. The quantitative estimate of drug-likeness (QED) is 0.801. The van der Waals surface area contributed by atoms with E-state index in [2.05, 4.69) is 17.1 Å². The van der Waals surface area contributed by atoms with Crippen molar-refractivity contribution in [2.24, 2.45) is 0 Å². The first-order valence-corrected chi connectivity index (χ1v) is 10.2. The van der Waals surface area contributed by atoms with E-state index in [9.17, 15) is 4.79 Å². The van der Waals surface area contributed by atoms with Crippen molar-refractivity contribution in [1.29, 1.82) is 0 Å². The van der Waals surface area contributed by atoms with Gasteiger partial charge in [-0.2, -0.15) is 11.8 Å². The highest BCUT2D eigenvalue weighted by atomic mass is 32.2. The maximum absolute atomic E-state index is 12.8. The zero-order valence-corrected chi connectivity index (χ0v) is 16.0. The summed E-state index contributed by atoms with van der Waals surface area (Å²) in [7, 11) is 0. The van der Waals surface area contributed by atoms with Crippen molar-refractivity contribution in [3.05, 3.63) is 47.7 Å². The van der Waals surface area contributed by atoms with Crippen LogP contribution >= 0.6 is 11.8 Å². The van der Waals surface area contributed by atoms with Gasteiger partial charge in [-0.3, -0.25) is 4.79 Å². The molecule has 3 heterocycles. The minimum atomic E-state index is 0.0254. The Morgan fingerprint density at radius 1 is 1.26 bits per heavy atom. The number of ether oxygens (including phenoxy) is 3. The van der Waals surface area contributed by atoms with Crippen LogP contribution in [-0.2, 0) is 0 Å². The summed E-state index contributed by atoms with van der Waals surface area (Å²) in [5, 5.41) is 0.343. The van der Waals surface area contributed by atoms with Crippen LogP contribution in [0.5, 0.6) is 17.4 Å². The molecular formula is C20H22N2O4S. The molecule has 0 saturated carbocycles. The molecule has 0 N–H and O–H groups in total. The third-order valence-corrected chi connectivity index (χ3v) is 6.00. The molecule has 4 rings (SSSR count). The second-order valence-electron chi connectivity index (χ2n) is 6.37. The zero-order valence-electron chi connectivity index (χ0n) is 15.2. The van der Waals surface area contributed by atoms with Crippen LogP contribution in [0.3, 0.4) is 0 Å². The molecule has 142 valence electrons. The zero-order chi connectivity index (χ0) is 18.6. The molecule has 1 aromatic carbocycles. The van der Waals surface area contributed by atoms with E-state index in [-0.39, 0.29) is 12.7 Å². The van der Waals surface area contributed by atoms with E-state index in [0.29, 0.717) is 23.3 Å². The number of rotatable bonds is 4. The SMILES string of the molecule is CCOc1ccc(C(=O)N2CCSC(c3ccc4c(c3)OCO4)CC2)cn1. The molecule has 2 aromatic rings. The molecular weight excluding hydrogens is 364 g/mol. The number of nitrogens with zero attached hydrogens (tertiary/aromatic N) is 2. The lowest BCUT2D eigenvalue weighted by Gasteiger charge is -2.20. The van der Waals surface area contributed by atoms with Crippen LogP contribution in [-0.4, -0.2) is 48.0 Å². The fourth-order valence-electron chi connectivity index (χ4n) is 3.28. The highest BCUT2D eigenvalue weighted by Crippen LogP contribution is 2.40. The second kappa shape index (κ2) is 8.08. The van der Waals surface area contributed by atoms with Gasteiger partial charge in [0.1, 0.15) is 0 Å². The molecule has 0 spiro atoms. The van der Waals surface area contributed by atoms with Crippen LogP contribution in [0.25, 0.3) is 0 Å². The van der Waals surface area contributed by atoms with Gasteiger partial charge in [0.15, 0.2) is 11.5 Å². The Kier molecular flexibility index (Phi) is 5.38. The molecule has 6 nitrogen and oxygen atoms in total. The molecule has 7 heteroatoms.